The lowest BCUT2D eigenvalue weighted by Gasteiger charge is -2.07. The number of esters is 1. The van der Waals surface area contributed by atoms with Gasteiger partial charge in [0.2, 0.25) is 0 Å². The SMILES string of the molecule is COC(=O)C(O)c1ccc(O)cc1.O.O=C(O)C(O)c1ccc(O)cc1. The van der Waals surface area contributed by atoms with E-state index in [1.807, 2.05) is 0 Å². The molecule has 0 saturated carbocycles. The fourth-order valence-electron chi connectivity index (χ4n) is 1.70. The summed E-state index contributed by atoms with van der Waals surface area (Å²) in [6.07, 6.45) is -2.81. The number of aliphatic carboxylic acids is 1. The van der Waals surface area contributed by atoms with Crippen molar-refractivity contribution in [3.63, 3.8) is 0 Å². The van der Waals surface area contributed by atoms with Gasteiger partial charge in [-0.15, -0.1) is 0 Å². The Bertz CT molecular complexity index is 695. The lowest BCUT2D eigenvalue weighted by molar-refractivity contribution is -0.150. The van der Waals surface area contributed by atoms with E-state index in [4.69, 9.17) is 20.4 Å². The van der Waals surface area contributed by atoms with Gasteiger partial charge in [0.1, 0.15) is 11.5 Å². The van der Waals surface area contributed by atoms with E-state index in [-0.39, 0.29) is 22.5 Å². The fraction of sp³-hybridized carbons (Fsp3) is 0.176. The van der Waals surface area contributed by atoms with Crippen LogP contribution in [0.3, 0.4) is 0 Å². The second kappa shape index (κ2) is 10.7. The number of carbonyl (C=O) groups excluding carboxylic acids is 1. The van der Waals surface area contributed by atoms with E-state index in [0.29, 0.717) is 5.56 Å². The van der Waals surface area contributed by atoms with Crippen LogP contribution in [-0.2, 0) is 14.3 Å². The third kappa shape index (κ3) is 6.77. The smallest absolute Gasteiger partial charge is 0.339 e. The van der Waals surface area contributed by atoms with Gasteiger partial charge in [-0.2, -0.15) is 0 Å². The number of methoxy groups -OCH3 is 1. The molecule has 9 heteroatoms. The molecule has 0 aromatic heterocycles. The zero-order valence-electron chi connectivity index (χ0n) is 13.7. The van der Waals surface area contributed by atoms with Crippen LogP contribution < -0.4 is 0 Å². The summed E-state index contributed by atoms with van der Waals surface area (Å²) in [6.45, 7) is 0. The van der Waals surface area contributed by atoms with Gasteiger partial charge in [-0.25, -0.2) is 9.59 Å². The predicted molar refractivity (Wildman–Crippen MR) is 89.4 cm³/mol. The lowest BCUT2D eigenvalue weighted by atomic mass is 10.1. The topological polar surface area (TPSA) is 176 Å². The van der Waals surface area contributed by atoms with Gasteiger partial charge in [0.05, 0.1) is 7.11 Å². The van der Waals surface area contributed by atoms with Crippen molar-refractivity contribution in [1.82, 2.24) is 0 Å². The van der Waals surface area contributed by atoms with Gasteiger partial charge in [0.25, 0.3) is 0 Å². The number of carboxylic acids is 1. The first kappa shape index (κ1) is 22.9. The molecular weight excluding hydrogens is 348 g/mol. The molecule has 0 radical (unpaired) electrons. The molecule has 2 aromatic carbocycles. The Morgan fingerprint density at radius 1 is 0.808 bits per heavy atom. The maximum Gasteiger partial charge on any atom is 0.339 e. The van der Waals surface area contributed by atoms with Gasteiger partial charge < -0.3 is 35.7 Å². The summed E-state index contributed by atoms with van der Waals surface area (Å²) >= 11 is 0. The summed E-state index contributed by atoms with van der Waals surface area (Å²) in [4.78, 5) is 21.1. The van der Waals surface area contributed by atoms with Gasteiger partial charge in [0, 0.05) is 0 Å². The molecule has 9 nitrogen and oxygen atoms in total. The van der Waals surface area contributed by atoms with Crippen molar-refractivity contribution >= 4 is 11.9 Å². The van der Waals surface area contributed by atoms with E-state index in [1.54, 1.807) is 0 Å². The Morgan fingerprint density at radius 2 is 1.15 bits per heavy atom. The van der Waals surface area contributed by atoms with Crippen molar-refractivity contribution in [3.05, 3.63) is 59.7 Å². The van der Waals surface area contributed by atoms with Crippen LogP contribution >= 0.6 is 0 Å². The van der Waals surface area contributed by atoms with Crippen molar-refractivity contribution in [2.75, 3.05) is 7.11 Å². The predicted octanol–water partition coefficient (Wildman–Crippen LogP) is 0.284. The van der Waals surface area contributed by atoms with Crippen LogP contribution in [0.15, 0.2) is 48.5 Å². The molecular formula is C17H20O9. The Balaban J connectivity index is 0.000000464. The molecule has 0 saturated heterocycles. The Labute approximate surface area is 148 Å². The molecule has 26 heavy (non-hydrogen) atoms. The van der Waals surface area contributed by atoms with Crippen molar-refractivity contribution in [3.8, 4) is 11.5 Å². The number of rotatable bonds is 4. The molecule has 2 unspecified atom stereocenters. The van der Waals surface area contributed by atoms with Crippen LogP contribution in [0.2, 0.25) is 0 Å². The molecule has 2 rings (SSSR count). The van der Waals surface area contributed by atoms with Crippen molar-refractivity contribution in [1.29, 1.82) is 0 Å². The number of benzene rings is 2. The average molecular weight is 368 g/mol. The highest BCUT2D eigenvalue weighted by atomic mass is 16.5. The average Bonchev–Trinajstić information content (AvgIpc) is 2.61. The molecule has 0 spiro atoms. The van der Waals surface area contributed by atoms with Crippen LogP contribution in [0.1, 0.15) is 23.3 Å². The molecule has 2 aromatic rings. The highest BCUT2D eigenvalue weighted by Crippen LogP contribution is 2.17. The molecule has 0 aliphatic carbocycles. The van der Waals surface area contributed by atoms with E-state index in [9.17, 15) is 14.7 Å². The van der Waals surface area contributed by atoms with Gasteiger partial charge in [-0.3, -0.25) is 0 Å². The number of hydrogen-bond donors (Lipinski definition) is 5. The van der Waals surface area contributed by atoms with Crippen LogP contribution in [0.4, 0.5) is 0 Å². The van der Waals surface area contributed by atoms with Gasteiger partial charge in [-0.1, -0.05) is 24.3 Å². The quantitative estimate of drug-likeness (QED) is 0.478. The van der Waals surface area contributed by atoms with E-state index >= 15 is 0 Å². The molecule has 0 aliphatic rings. The first-order valence-electron chi connectivity index (χ1n) is 7.01. The Kier molecular flexibility index (Phi) is 9.38. The third-order valence-corrected chi connectivity index (χ3v) is 3.08. The first-order chi connectivity index (χ1) is 11.8. The van der Waals surface area contributed by atoms with Crippen LogP contribution in [0.5, 0.6) is 11.5 Å². The van der Waals surface area contributed by atoms with Gasteiger partial charge in [0.15, 0.2) is 12.2 Å². The second-order valence-corrected chi connectivity index (χ2v) is 4.85. The number of aliphatic hydroxyl groups is 2. The molecule has 0 bridgehead atoms. The molecule has 7 N–H and O–H groups in total. The maximum absolute atomic E-state index is 10.9. The summed E-state index contributed by atoms with van der Waals surface area (Å²) in [7, 11) is 1.20. The van der Waals surface area contributed by atoms with Gasteiger partial charge in [-0.05, 0) is 35.4 Å². The Hall–Kier alpha value is -3.14. The van der Waals surface area contributed by atoms with E-state index in [2.05, 4.69) is 4.74 Å². The number of carboxylic acid groups (broad SMARTS) is 1. The molecule has 2 atom stereocenters. The molecule has 0 amide bonds. The number of ether oxygens (including phenoxy) is 1. The van der Waals surface area contributed by atoms with E-state index < -0.39 is 24.1 Å². The van der Waals surface area contributed by atoms with E-state index in [0.717, 1.165) is 0 Å². The number of phenolic OH excluding ortho intramolecular Hbond substituents is 2. The number of phenols is 2. The second-order valence-electron chi connectivity index (χ2n) is 4.85. The first-order valence-corrected chi connectivity index (χ1v) is 7.01. The summed E-state index contributed by atoms with van der Waals surface area (Å²) in [5, 5.41) is 44.5. The Morgan fingerprint density at radius 3 is 1.46 bits per heavy atom. The van der Waals surface area contributed by atoms with E-state index in [1.165, 1.54) is 55.6 Å². The van der Waals surface area contributed by atoms with Crippen LogP contribution in [-0.4, -0.2) is 50.1 Å². The summed E-state index contributed by atoms with van der Waals surface area (Å²) < 4.78 is 4.35. The summed E-state index contributed by atoms with van der Waals surface area (Å²) in [6, 6.07) is 11.0. The maximum atomic E-state index is 10.9. The zero-order valence-corrected chi connectivity index (χ0v) is 13.7. The highest BCUT2D eigenvalue weighted by molar-refractivity contribution is 5.76. The minimum Gasteiger partial charge on any atom is -0.508 e. The molecule has 142 valence electrons. The molecule has 0 aliphatic heterocycles. The number of hydrogen-bond acceptors (Lipinski definition) is 7. The molecule has 0 fully saturated rings. The van der Waals surface area contributed by atoms with Crippen molar-refractivity contribution in [2.45, 2.75) is 12.2 Å². The standard InChI is InChI=1S/C9H10O4.C8H8O4.H2O/c1-13-9(12)8(11)6-2-4-7(10)5-3-6;9-6-3-1-5(2-4-6)7(10)8(11)12;/h2-5,8,10-11H,1H3;1-4,7,9-10H,(H,11,12);1H2. The van der Waals surface area contributed by atoms with Gasteiger partial charge >= 0.3 is 11.9 Å². The third-order valence-electron chi connectivity index (χ3n) is 3.08. The minimum atomic E-state index is -1.52. The number of aliphatic hydroxyl groups excluding tert-OH is 2. The monoisotopic (exact) mass is 368 g/mol. The largest absolute Gasteiger partial charge is 0.508 e. The lowest BCUT2D eigenvalue weighted by Crippen LogP contribution is -2.13. The van der Waals surface area contributed by atoms with Crippen LogP contribution in [0, 0.1) is 0 Å². The minimum absolute atomic E-state index is 0. The summed E-state index contributed by atoms with van der Waals surface area (Å²) in [5.74, 6) is -1.90. The van der Waals surface area contributed by atoms with Crippen molar-refractivity contribution < 1.29 is 45.3 Å². The van der Waals surface area contributed by atoms with Crippen LogP contribution in [0.25, 0.3) is 0 Å². The number of carbonyl (C=O) groups is 2. The molecule has 0 heterocycles. The normalized spacial score (nSPS) is 11.8. The zero-order chi connectivity index (χ0) is 19.0. The summed E-state index contributed by atoms with van der Waals surface area (Å²) in [5.41, 5.74) is 0.643. The number of aromatic hydroxyl groups is 2. The van der Waals surface area contributed by atoms with Crippen molar-refractivity contribution in [2.24, 2.45) is 0 Å². The highest BCUT2D eigenvalue weighted by Gasteiger charge is 2.17. The fourth-order valence-corrected chi connectivity index (χ4v) is 1.70.